The summed E-state index contributed by atoms with van der Waals surface area (Å²) in [6.07, 6.45) is 0.835. The predicted molar refractivity (Wildman–Crippen MR) is 64.2 cm³/mol. The van der Waals surface area contributed by atoms with Crippen LogP contribution in [0, 0.1) is 11.3 Å². The molecule has 3 heteroatoms. The molecule has 0 saturated carbocycles. The summed E-state index contributed by atoms with van der Waals surface area (Å²) in [5, 5.41) is 8.98. The van der Waals surface area contributed by atoms with Crippen molar-refractivity contribution in [1.29, 1.82) is 5.26 Å². The summed E-state index contributed by atoms with van der Waals surface area (Å²) in [5.41, 5.74) is 1.11. The number of para-hydroxylation sites is 1. The lowest BCUT2D eigenvalue weighted by molar-refractivity contribution is 0.268. The molecule has 0 radical (unpaired) electrons. The van der Waals surface area contributed by atoms with Crippen LogP contribution in [0.1, 0.15) is 18.9 Å². The van der Waals surface area contributed by atoms with Crippen LogP contribution in [0.25, 0.3) is 0 Å². The molecule has 0 aliphatic rings. The van der Waals surface area contributed by atoms with Crippen molar-refractivity contribution in [3.8, 4) is 11.8 Å². The second kappa shape index (κ2) is 6.14. The molecule has 0 aliphatic carbocycles. The zero-order valence-corrected chi connectivity index (χ0v) is 10.1. The molecule has 0 aromatic heterocycles. The molecule has 0 spiro atoms. The molecule has 1 rings (SSSR count). The molecule has 86 valence electrons. The van der Waals surface area contributed by atoms with Crippen LogP contribution in [-0.4, -0.2) is 25.1 Å². The first-order chi connectivity index (χ1) is 7.72. The number of methoxy groups -OCH3 is 1. The van der Waals surface area contributed by atoms with Gasteiger partial charge in [-0.15, -0.1) is 0 Å². The van der Waals surface area contributed by atoms with Crippen LogP contribution in [-0.2, 0) is 6.54 Å². The van der Waals surface area contributed by atoms with Crippen molar-refractivity contribution >= 4 is 0 Å². The van der Waals surface area contributed by atoms with Gasteiger partial charge in [0.2, 0.25) is 0 Å². The van der Waals surface area contributed by atoms with E-state index in [9.17, 15) is 0 Å². The first-order valence-electron chi connectivity index (χ1n) is 5.44. The molecule has 1 unspecified atom stereocenters. The summed E-state index contributed by atoms with van der Waals surface area (Å²) in [6.45, 7) is 2.75. The lowest BCUT2D eigenvalue weighted by Crippen LogP contribution is -2.29. The number of hydrogen-bond acceptors (Lipinski definition) is 3. The van der Waals surface area contributed by atoms with Crippen molar-refractivity contribution in [2.24, 2.45) is 0 Å². The smallest absolute Gasteiger partial charge is 0.123 e. The van der Waals surface area contributed by atoms with Gasteiger partial charge in [0, 0.05) is 12.1 Å². The summed E-state index contributed by atoms with van der Waals surface area (Å²) < 4.78 is 5.28. The lowest BCUT2D eigenvalue weighted by Gasteiger charge is -2.22. The van der Waals surface area contributed by atoms with Gasteiger partial charge in [-0.3, -0.25) is 4.90 Å². The highest BCUT2D eigenvalue weighted by atomic mass is 16.5. The Morgan fingerprint density at radius 1 is 1.44 bits per heavy atom. The molecule has 0 N–H and O–H groups in total. The number of nitrogens with zero attached hydrogens (tertiary/aromatic N) is 2. The van der Waals surface area contributed by atoms with Crippen molar-refractivity contribution in [1.82, 2.24) is 4.90 Å². The topological polar surface area (TPSA) is 36.3 Å². The monoisotopic (exact) mass is 218 g/mol. The third-order valence-corrected chi connectivity index (χ3v) is 2.68. The maximum atomic E-state index is 8.98. The number of rotatable bonds is 5. The highest BCUT2D eigenvalue weighted by Crippen LogP contribution is 2.19. The number of nitriles is 1. The molecule has 0 aliphatic heterocycles. The van der Waals surface area contributed by atoms with Crippen LogP contribution >= 0.6 is 0 Å². The molecule has 1 atom stereocenters. The minimum absolute atomic E-state index is 0.0371. The first-order valence-corrected chi connectivity index (χ1v) is 5.44. The Kier molecular flexibility index (Phi) is 4.81. The summed E-state index contributed by atoms with van der Waals surface area (Å²) >= 11 is 0. The van der Waals surface area contributed by atoms with E-state index >= 15 is 0 Å². The van der Waals surface area contributed by atoms with E-state index in [0.717, 1.165) is 24.3 Å². The fourth-order valence-corrected chi connectivity index (χ4v) is 1.71. The number of ether oxygens (including phenoxy) is 1. The second-order valence-electron chi connectivity index (χ2n) is 3.78. The van der Waals surface area contributed by atoms with Crippen molar-refractivity contribution in [3.05, 3.63) is 29.8 Å². The first kappa shape index (κ1) is 12.5. The predicted octanol–water partition coefficient (Wildman–Crippen LogP) is 2.43. The van der Waals surface area contributed by atoms with Crippen LogP contribution < -0.4 is 4.74 Å². The zero-order chi connectivity index (χ0) is 12.0. The normalized spacial score (nSPS) is 12.2. The molecule has 0 saturated heterocycles. The van der Waals surface area contributed by atoms with E-state index < -0.39 is 0 Å². The van der Waals surface area contributed by atoms with E-state index in [1.165, 1.54) is 0 Å². The molecule has 1 aromatic rings. The van der Waals surface area contributed by atoms with E-state index in [0.29, 0.717) is 0 Å². The second-order valence-corrected chi connectivity index (χ2v) is 3.78. The van der Waals surface area contributed by atoms with E-state index in [1.807, 2.05) is 43.1 Å². The minimum Gasteiger partial charge on any atom is -0.496 e. The number of benzene rings is 1. The number of hydrogen-bond donors (Lipinski definition) is 0. The Balaban J connectivity index is 2.76. The molecular formula is C13H18N2O. The van der Waals surface area contributed by atoms with Crippen LogP contribution in [0.5, 0.6) is 5.75 Å². The van der Waals surface area contributed by atoms with Gasteiger partial charge in [-0.25, -0.2) is 0 Å². The van der Waals surface area contributed by atoms with Gasteiger partial charge in [-0.05, 0) is 19.5 Å². The van der Waals surface area contributed by atoms with Gasteiger partial charge in [-0.1, -0.05) is 25.1 Å². The largest absolute Gasteiger partial charge is 0.496 e. The minimum atomic E-state index is -0.0371. The van der Waals surface area contributed by atoms with Crippen molar-refractivity contribution in [2.75, 3.05) is 14.2 Å². The average Bonchev–Trinajstić information content (AvgIpc) is 2.31. The summed E-state index contributed by atoms with van der Waals surface area (Å²) in [5.74, 6) is 0.877. The summed E-state index contributed by atoms with van der Waals surface area (Å²) in [6, 6.07) is 10.2. The van der Waals surface area contributed by atoms with E-state index in [-0.39, 0.29) is 6.04 Å². The molecule has 3 nitrogen and oxygen atoms in total. The molecule has 0 heterocycles. The Bertz CT molecular complexity index is 370. The molecular weight excluding hydrogens is 200 g/mol. The third-order valence-electron chi connectivity index (χ3n) is 2.68. The zero-order valence-electron chi connectivity index (χ0n) is 10.1. The molecule has 0 amide bonds. The Morgan fingerprint density at radius 2 is 2.12 bits per heavy atom. The van der Waals surface area contributed by atoms with Gasteiger partial charge in [-0.2, -0.15) is 5.26 Å². The molecule has 1 aromatic carbocycles. The molecule has 0 bridgehead atoms. The van der Waals surface area contributed by atoms with E-state index in [1.54, 1.807) is 7.11 Å². The quantitative estimate of drug-likeness (QED) is 0.761. The van der Waals surface area contributed by atoms with Gasteiger partial charge >= 0.3 is 0 Å². The van der Waals surface area contributed by atoms with Crippen molar-refractivity contribution in [3.63, 3.8) is 0 Å². The van der Waals surface area contributed by atoms with E-state index in [4.69, 9.17) is 10.00 Å². The fraction of sp³-hybridized carbons (Fsp3) is 0.462. The average molecular weight is 218 g/mol. The van der Waals surface area contributed by atoms with Gasteiger partial charge in [0.15, 0.2) is 0 Å². The van der Waals surface area contributed by atoms with Crippen LogP contribution in [0.15, 0.2) is 24.3 Å². The maximum absolute atomic E-state index is 8.98. The SMILES string of the molecule is CCC(C#N)N(C)Cc1ccccc1OC. The highest BCUT2D eigenvalue weighted by Gasteiger charge is 2.13. The van der Waals surface area contributed by atoms with E-state index in [2.05, 4.69) is 6.07 Å². The summed E-state index contributed by atoms with van der Waals surface area (Å²) in [4.78, 5) is 2.04. The fourth-order valence-electron chi connectivity index (χ4n) is 1.71. The Labute approximate surface area is 97.3 Å². The molecule has 0 fully saturated rings. The Morgan fingerprint density at radius 3 is 2.69 bits per heavy atom. The van der Waals surface area contributed by atoms with Gasteiger partial charge in [0.1, 0.15) is 5.75 Å². The highest BCUT2D eigenvalue weighted by molar-refractivity contribution is 5.33. The molecule has 16 heavy (non-hydrogen) atoms. The van der Waals surface area contributed by atoms with Crippen molar-refractivity contribution in [2.45, 2.75) is 25.9 Å². The Hall–Kier alpha value is -1.53. The van der Waals surface area contributed by atoms with Gasteiger partial charge < -0.3 is 4.74 Å². The van der Waals surface area contributed by atoms with Crippen LogP contribution in [0.2, 0.25) is 0 Å². The standard InChI is InChI=1S/C13H18N2O/c1-4-12(9-14)15(2)10-11-7-5-6-8-13(11)16-3/h5-8,12H,4,10H2,1-3H3. The van der Waals surface area contributed by atoms with Gasteiger partial charge in [0.25, 0.3) is 0 Å². The maximum Gasteiger partial charge on any atom is 0.123 e. The third kappa shape index (κ3) is 2.98. The lowest BCUT2D eigenvalue weighted by atomic mass is 10.1. The summed E-state index contributed by atoms with van der Waals surface area (Å²) in [7, 11) is 3.63. The van der Waals surface area contributed by atoms with Crippen LogP contribution in [0.3, 0.4) is 0 Å². The van der Waals surface area contributed by atoms with Crippen molar-refractivity contribution < 1.29 is 4.74 Å². The van der Waals surface area contributed by atoms with Crippen LogP contribution in [0.4, 0.5) is 0 Å². The van der Waals surface area contributed by atoms with Gasteiger partial charge in [0.05, 0.1) is 19.2 Å².